The van der Waals surface area contributed by atoms with Gasteiger partial charge in [-0.05, 0) is 19.4 Å². The summed E-state index contributed by atoms with van der Waals surface area (Å²) in [6.07, 6.45) is 2.19. The largest absolute Gasteiger partial charge is 0.392 e. The summed E-state index contributed by atoms with van der Waals surface area (Å²) in [5.74, 6) is 0. The van der Waals surface area contributed by atoms with Crippen LogP contribution in [-0.2, 0) is 4.74 Å². The second kappa shape index (κ2) is 9.37. The molecule has 0 spiro atoms. The highest BCUT2D eigenvalue weighted by atomic mass is 32.1. The number of thiocarbonyl (C=S) groups is 1. The van der Waals surface area contributed by atoms with Crippen LogP contribution in [0.4, 0.5) is 0 Å². The molecule has 0 aromatic heterocycles. The molecule has 0 aliphatic carbocycles. The van der Waals surface area contributed by atoms with Crippen LogP contribution in [-0.4, -0.2) is 42.7 Å². The van der Waals surface area contributed by atoms with E-state index in [9.17, 15) is 0 Å². The molecule has 0 unspecified atom stereocenters. The zero-order chi connectivity index (χ0) is 10.8. The Morgan fingerprint density at radius 2 is 1.93 bits per heavy atom. The molecule has 0 heterocycles. The Morgan fingerprint density at radius 1 is 1.21 bits per heavy atom. The first-order valence-electron chi connectivity index (χ1n) is 5.29. The zero-order valence-electron chi connectivity index (χ0n) is 9.29. The van der Waals surface area contributed by atoms with E-state index in [1.165, 1.54) is 0 Å². The third-order valence-electron chi connectivity index (χ3n) is 1.82. The molecule has 0 saturated carbocycles. The maximum Gasteiger partial charge on any atom is 0.0870 e. The standard InChI is InChI=1S/C10H22N2OS/c1-3-5-12(9-10(11)14)6-8-13-7-4-2/h3-9H2,1-2H3,(H2,11,14). The van der Waals surface area contributed by atoms with Crippen molar-refractivity contribution in [1.82, 2.24) is 4.90 Å². The van der Waals surface area contributed by atoms with Crippen molar-refractivity contribution in [2.75, 3.05) is 32.8 Å². The van der Waals surface area contributed by atoms with Gasteiger partial charge in [-0.2, -0.15) is 0 Å². The van der Waals surface area contributed by atoms with E-state index in [1.807, 2.05) is 0 Å². The molecule has 0 rings (SSSR count). The van der Waals surface area contributed by atoms with E-state index in [4.69, 9.17) is 22.7 Å². The first-order chi connectivity index (χ1) is 6.70. The predicted octanol–water partition coefficient (Wildman–Crippen LogP) is 1.41. The van der Waals surface area contributed by atoms with E-state index in [1.54, 1.807) is 0 Å². The van der Waals surface area contributed by atoms with Crippen molar-refractivity contribution in [3.8, 4) is 0 Å². The molecular weight excluding hydrogens is 196 g/mol. The van der Waals surface area contributed by atoms with Gasteiger partial charge in [-0.1, -0.05) is 26.1 Å². The average molecular weight is 218 g/mol. The number of rotatable bonds is 9. The molecule has 0 amide bonds. The summed E-state index contributed by atoms with van der Waals surface area (Å²) in [6, 6.07) is 0. The van der Waals surface area contributed by atoms with Gasteiger partial charge in [0.25, 0.3) is 0 Å². The Kier molecular flexibility index (Phi) is 9.24. The molecule has 0 bridgehead atoms. The number of nitrogens with zero attached hydrogens (tertiary/aromatic N) is 1. The first-order valence-corrected chi connectivity index (χ1v) is 5.69. The third-order valence-corrected chi connectivity index (χ3v) is 1.95. The van der Waals surface area contributed by atoms with Gasteiger partial charge in [0.15, 0.2) is 0 Å². The highest BCUT2D eigenvalue weighted by molar-refractivity contribution is 7.80. The van der Waals surface area contributed by atoms with Crippen LogP contribution in [0.5, 0.6) is 0 Å². The fourth-order valence-corrected chi connectivity index (χ4v) is 1.43. The first kappa shape index (κ1) is 13.8. The minimum absolute atomic E-state index is 0.564. The molecule has 0 saturated heterocycles. The smallest absolute Gasteiger partial charge is 0.0870 e. The quantitative estimate of drug-likeness (QED) is 0.469. The highest BCUT2D eigenvalue weighted by Gasteiger charge is 2.04. The van der Waals surface area contributed by atoms with Gasteiger partial charge in [-0.15, -0.1) is 0 Å². The molecule has 0 aliphatic rings. The summed E-state index contributed by atoms with van der Waals surface area (Å²) < 4.78 is 5.42. The van der Waals surface area contributed by atoms with Gasteiger partial charge in [0.2, 0.25) is 0 Å². The van der Waals surface area contributed by atoms with Gasteiger partial charge in [-0.3, -0.25) is 4.90 Å². The summed E-state index contributed by atoms with van der Waals surface area (Å²) in [6.45, 7) is 8.54. The number of hydrogen-bond acceptors (Lipinski definition) is 3. The lowest BCUT2D eigenvalue weighted by Crippen LogP contribution is -2.35. The Balaban J connectivity index is 3.56. The van der Waals surface area contributed by atoms with Gasteiger partial charge in [0.05, 0.1) is 11.6 Å². The van der Waals surface area contributed by atoms with E-state index in [0.29, 0.717) is 11.5 Å². The van der Waals surface area contributed by atoms with Crippen molar-refractivity contribution < 1.29 is 4.74 Å². The van der Waals surface area contributed by atoms with Gasteiger partial charge in [0.1, 0.15) is 0 Å². The molecule has 0 aromatic carbocycles. The lowest BCUT2D eigenvalue weighted by atomic mass is 10.4. The average Bonchev–Trinajstić information content (AvgIpc) is 2.12. The van der Waals surface area contributed by atoms with Crippen LogP contribution in [0.2, 0.25) is 0 Å². The normalized spacial score (nSPS) is 10.8. The van der Waals surface area contributed by atoms with Crippen LogP contribution in [0.1, 0.15) is 26.7 Å². The van der Waals surface area contributed by atoms with Gasteiger partial charge < -0.3 is 10.5 Å². The molecule has 3 nitrogen and oxygen atoms in total. The second-order valence-electron chi connectivity index (χ2n) is 3.35. The van der Waals surface area contributed by atoms with Crippen molar-refractivity contribution in [1.29, 1.82) is 0 Å². The van der Waals surface area contributed by atoms with E-state index in [0.717, 1.165) is 39.1 Å². The van der Waals surface area contributed by atoms with E-state index in [-0.39, 0.29) is 0 Å². The SMILES string of the molecule is CCCOCCN(CCC)CC(N)=S. The Labute approximate surface area is 92.6 Å². The van der Waals surface area contributed by atoms with Gasteiger partial charge in [0, 0.05) is 19.7 Å². The summed E-state index contributed by atoms with van der Waals surface area (Å²) in [5, 5.41) is 0. The monoisotopic (exact) mass is 218 g/mol. The Morgan fingerprint density at radius 3 is 2.43 bits per heavy atom. The molecule has 14 heavy (non-hydrogen) atoms. The molecule has 0 fully saturated rings. The van der Waals surface area contributed by atoms with Crippen molar-refractivity contribution in [2.24, 2.45) is 5.73 Å². The molecule has 2 N–H and O–H groups in total. The van der Waals surface area contributed by atoms with Crippen LogP contribution >= 0.6 is 12.2 Å². The van der Waals surface area contributed by atoms with Crippen LogP contribution in [0.3, 0.4) is 0 Å². The predicted molar refractivity (Wildman–Crippen MR) is 64.6 cm³/mol. The maximum atomic E-state index is 5.50. The van der Waals surface area contributed by atoms with E-state index in [2.05, 4.69) is 18.7 Å². The van der Waals surface area contributed by atoms with Gasteiger partial charge in [-0.25, -0.2) is 0 Å². The van der Waals surface area contributed by atoms with Gasteiger partial charge >= 0.3 is 0 Å². The number of ether oxygens (including phenoxy) is 1. The second-order valence-corrected chi connectivity index (χ2v) is 3.88. The minimum Gasteiger partial charge on any atom is -0.392 e. The number of nitrogens with two attached hydrogens (primary N) is 1. The molecular formula is C10H22N2OS. The molecule has 0 aromatic rings. The van der Waals surface area contributed by atoms with Crippen LogP contribution in [0.15, 0.2) is 0 Å². The zero-order valence-corrected chi connectivity index (χ0v) is 10.1. The van der Waals surface area contributed by atoms with Crippen LogP contribution < -0.4 is 5.73 Å². The Bertz CT molecular complexity index is 153. The highest BCUT2D eigenvalue weighted by Crippen LogP contribution is 1.92. The molecule has 0 atom stereocenters. The lowest BCUT2D eigenvalue weighted by Gasteiger charge is -2.20. The van der Waals surface area contributed by atoms with Crippen molar-refractivity contribution in [2.45, 2.75) is 26.7 Å². The fourth-order valence-electron chi connectivity index (χ4n) is 1.25. The molecule has 84 valence electrons. The van der Waals surface area contributed by atoms with E-state index < -0.39 is 0 Å². The maximum absolute atomic E-state index is 5.50. The fraction of sp³-hybridized carbons (Fsp3) is 0.900. The van der Waals surface area contributed by atoms with Crippen molar-refractivity contribution in [3.05, 3.63) is 0 Å². The molecule has 4 heteroatoms. The molecule has 0 radical (unpaired) electrons. The topological polar surface area (TPSA) is 38.5 Å². The summed E-state index contributed by atoms with van der Waals surface area (Å²) in [4.78, 5) is 2.80. The number of hydrogen-bond donors (Lipinski definition) is 1. The molecule has 0 aliphatic heterocycles. The third kappa shape index (κ3) is 8.41. The summed E-state index contributed by atoms with van der Waals surface area (Å²) in [7, 11) is 0. The Hall–Kier alpha value is -0.190. The van der Waals surface area contributed by atoms with Crippen molar-refractivity contribution >= 4 is 17.2 Å². The van der Waals surface area contributed by atoms with Crippen LogP contribution in [0.25, 0.3) is 0 Å². The van der Waals surface area contributed by atoms with E-state index >= 15 is 0 Å². The summed E-state index contributed by atoms with van der Waals surface area (Å²) >= 11 is 4.88. The lowest BCUT2D eigenvalue weighted by molar-refractivity contribution is 0.109. The van der Waals surface area contributed by atoms with Crippen molar-refractivity contribution in [3.63, 3.8) is 0 Å². The minimum atomic E-state index is 0.564. The summed E-state index contributed by atoms with van der Waals surface area (Å²) in [5.41, 5.74) is 5.50. The van der Waals surface area contributed by atoms with Crippen LogP contribution in [0, 0.1) is 0 Å².